The number of hydrogen-bond donors (Lipinski definition) is 0. The van der Waals surface area contributed by atoms with Crippen molar-refractivity contribution in [2.24, 2.45) is 25.0 Å². The molecule has 0 saturated carbocycles. The Morgan fingerprint density at radius 3 is 1.19 bits per heavy atom. The lowest BCUT2D eigenvalue weighted by atomic mass is 10.1. The monoisotopic (exact) mass is 283 g/mol. The highest BCUT2D eigenvalue weighted by Crippen LogP contribution is 2.49. The van der Waals surface area contributed by atoms with Gasteiger partial charge in [0, 0.05) is 0 Å². The Balaban J connectivity index is 4.09. The highest BCUT2D eigenvalue weighted by atomic mass is 16.1. The largest absolute Gasteiger partial charge is 0.240 e. The molecule has 0 fully saturated rings. The van der Waals surface area contributed by atoms with Crippen molar-refractivity contribution in [3.63, 3.8) is 0 Å². The molecule has 0 aliphatic carbocycles. The van der Waals surface area contributed by atoms with E-state index in [-0.39, 0.29) is 11.4 Å². The fraction of sp³-hybridized carbons (Fsp3) is 0. The maximum Gasteiger partial charge on any atom is 0.240 e. The van der Waals surface area contributed by atoms with Crippen LogP contribution < -0.4 is 0 Å². The minimum atomic E-state index is -0.470. The highest BCUT2D eigenvalue weighted by molar-refractivity contribution is 5.95. The second-order valence-corrected chi connectivity index (χ2v) is 2.98. The van der Waals surface area contributed by atoms with Gasteiger partial charge in [-0.25, -0.2) is 24.0 Å². The molecule has 21 heavy (non-hydrogen) atoms. The zero-order chi connectivity index (χ0) is 15.7. The standard InChI is InChI=1S/C11HN5O5/c17-2-12-7-1-8(13-3-18)10(15-5-20)11(16-6-21)9(7)14-4-19/h1H. The molecule has 0 aromatic heterocycles. The van der Waals surface area contributed by atoms with Crippen molar-refractivity contribution < 1.29 is 24.0 Å². The summed E-state index contributed by atoms with van der Waals surface area (Å²) in [4.78, 5) is 68.0. The van der Waals surface area contributed by atoms with Gasteiger partial charge in [0.25, 0.3) is 0 Å². The molecule has 0 bridgehead atoms. The van der Waals surface area contributed by atoms with Crippen molar-refractivity contribution in [3.8, 4) is 0 Å². The number of nitrogens with zero attached hydrogens (tertiary/aromatic N) is 5. The third-order valence-corrected chi connectivity index (χ3v) is 2.01. The first-order chi connectivity index (χ1) is 10.2. The smallest absolute Gasteiger partial charge is 0.211 e. The summed E-state index contributed by atoms with van der Waals surface area (Å²) >= 11 is 0. The van der Waals surface area contributed by atoms with Gasteiger partial charge in [-0.05, 0) is 6.07 Å². The van der Waals surface area contributed by atoms with Crippen LogP contribution in [0.4, 0.5) is 28.4 Å². The molecule has 0 aliphatic rings. The van der Waals surface area contributed by atoms with Gasteiger partial charge in [-0.15, -0.1) is 0 Å². The van der Waals surface area contributed by atoms with Gasteiger partial charge in [-0.2, -0.15) is 25.0 Å². The molecule has 0 N–H and O–H groups in total. The van der Waals surface area contributed by atoms with Gasteiger partial charge in [0.05, 0.1) is 0 Å². The van der Waals surface area contributed by atoms with Gasteiger partial charge in [0.2, 0.25) is 30.4 Å². The minimum Gasteiger partial charge on any atom is -0.211 e. The van der Waals surface area contributed by atoms with Crippen molar-refractivity contribution in [1.82, 2.24) is 0 Å². The van der Waals surface area contributed by atoms with E-state index < -0.39 is 17.1 Å². The molecule has 10 nitrogen and oxygen atoms in total. The van der Waals surface area contributed by atoms with Gasteiger partial charge in [0.15, 0.2) is 0 Å². The Hall–Kier alpha value is -3.88. The van der Waals surface area contributed by atoms with Gasteiger partial charge in [-0.3, -0.25) is 0 Å². The van der Waals surface area contributed by atoms with Crippen LogP contribution in [0.5, 0.6) is 0 Å². The fourth-order valence-corrected chi connectivity index (χ4v) is 1.35. The van der Waals surface area contributed by atoms with Crippen molar-refractivity contribution in [2.75, 3.05) is 0 Å². The Morgan fingerprint density at radius 2 is 0.857 bits per heavy atom. The lowest BCUT2D eigenvalue weighted by Crippen LogP contribution is -1.77. The van der Waals surface area contributed by atoms with E-state index in [1.807, 2.05) is 0 Å². The normalized spacial score (nSPS) is 8.00. The second kappa shape index (κ2) is 7.53. The molecule has 10 heteroatoms. The molecule has 100 valence electrons. The molecule has 0 heterocycles. The van der Waals surface area contributed by atoms with E-state index in [4.69, 9.17) is 0 Å². The number of carbonyl (C=O) groups excluding carboxylic acids is 5. The molecular formula is C11HN5O5. The topological polar surface area (TPSA) is 147 Å². The summed E-state index contributed by atoms with van der Waals surface area (Å²) in [7, 11) is 0. The van der Waals surface area contributed by atoms with E-state index in [1.165, 1.54) is 12.2 Å². The summed E-state index contributed by atoms with van der Waals surface area (Å²) in [6.45, 7) is 0. The molecule has 0 spiro atoms. The quantitative estimate of drug-likeness (QED) is 0.593. The van der Waals surface area contributed by atoms with Gasteiger partial charge in [0.1, 0.15) is 28.4 Å². The molecule has 0 saturated heterocycles. The lowest BCUT2D eigenvalue weighted by molar-refractivity contribution is 0.563. The van der Waals surface area contributed by atoms with Crippen molar-refractivity contribution in [2.45, 2.75) is 0 Å². The van der Waals surface area contributed by atoms with Crippen molar-refractivity contribution in [1.29, 1.82) is 0 Å². The first-order valence-electron chi connectivity index (χ1n) is 4.83. The zero-order valence-electron chi connectivity index (χ0n) is 9.85. The van der Waals surface area contributed by atoms with E-state index in [1.54, 1.807) is 0 Å². The summed E-state index contributed by atoms with van der Waals surface area (Å²) in [6, 6.07) is 0.978. The van der Waals surface area contributed by atoms with Crippen molar-refractivity contribution in [3.05, 3.63) is 6.07 Å². The van der Waals surface area contributed by atoms with Crippen LogP contribution in [-0.2, 0) is 24.0 Å². The molecule has 0 atom stereocenters. The Labute approximate surface area is 115 Å². The summed E-state index contributed by atoms with van der Waals surface area (Å²) < 4.78 is 0. The van der Waals surface area contributed by atoms with Gasteiger partial charge >= 0.3 is 0 Å². The molecule has 1 aromatic rings. The van der Waals surface area contributed by atoms with Crippen LogP contribution in [0, 0.1) is 0 Å². The van der Waals surface area contributed by atoms with Gasteiger partial charge in [-0.1, -0.05) is 0 Å². The van der Waals surface area contributed by atoms with Gasteiger partial charge < -0.3 is 0 Å². The number of aliphatic imine (C=N–C) groups is 5. The molecule has 0 unspecified atom stereocenters. The Bertz CT molecular complexity index is 771. The van der Waals surface area contributed by atoms with Crippen LogP contribution in [0.25, 0.3) is 0 Å². The van der Waals surface area contributed by atoms with Crippen LogP contribution >= 0.6 is 0 Å². The first kappa shape index (κ1) is 15.2. The van der Waals surface area contributed by atoms with Crippen LogP contribution in [0.15, 0.2) is 31.0 Å². The van der Waals surface area contributed by atoms with E-state index >= 15 is 0 Å². The average molecular weight is 283 g/mol. The molecule has 0 amide bonds. The van der Waals surface area contributed by atoms with Crippen molar-refractivity contribution >= 4 is 58.8 Å². The minimum absolute atomic E-state index is 0.304. The van der Waals surface area contributed by atoms with E-state index in [0.29, 0.717) is 0 Å². The van der Waals surface area contributed by atoms with Crippen LogP contribution in [0.3, 0.4) is 0 Å². The Kier molecular flexibility index (Phi) is 5.44. The van der Waals surface area contributed by atoms with Crippen LogP contribution in [0.2, 0.25) is 0 Å². The Morgan fingerprint density at radius 1 is 0.524 bits per heavy atom. The maximum atomic E-state index is 10.4. The second-order valence-electron chi connectivity index (χ2n) is 2.98. The molecular weight excluding hydrogens is 282 g/mol. The summed E-state index contributed by atoms with van der Waals surface area (Å²) in [5.74, 6) is 0. The zero-order valence-corrected chi connectivity index (χ0v) is 9.85. The predicted molar refractivity (Wildman–Crippen MR) is 65.3 cm³/mol. The number of rotatable bonds is 5. The van der Waals surface area contributed by atoms with Crippen LogP contribution in [-0.4, -0.2) is 30.4 Å². The van der Waals surface area contributed by atoms with E-state index in [9.17, 15) is 24.0 Å². The number of benzene rings is 1. The van der Waals surface area contributed by atoms with E-state index in [0.717, 1.165) is 24.3 Å². The molecule has 0 radical (unpaired) electrons. The number of hydrogen-bond acceptors (Lipinski definition) is 10. The maximum absolute atomic E-state index is 10.4. The lowest BCUT2D eigenvalue weighted by Gasteiger charge is -2.05. The molecule has 1 rings (SSSR count). The van der Waals surface area contributed by atoms with E-state index in [2.05, 4.69) is 25.0 Å². The summed E-state index contributed by atoms with van der Waals surface area (Å²) in [5.41, 5.74) is -1.89. The highest BCUT2D eigenvalue weighted by Gasteiger charge is 2.18. The number of isocyanates is 5. The first-order valence-corrected chi connectivity index (χ1v) is 4.83. The fourth-order valence-electron chi connectivity index (χ4n) is 1.35. The predicted octanol–water partition coefficient (Wildman–Crippen LogP) is 1.52. The molecule has 1 aromatic carbocycles. The average Bonchev–Trinajstić information content (AvgIpc) is 2.47. The molecule has 0 aliphatic heterocycles. The third-order valence-electron chi connectivity index (χ3n) is 2.01. The van der Waals surface area contributed by atoms with Crippen LogP contribution in [0.1, 0.15) is 0 Å². The third kappa shape index (κ3) is 3.32. The SMILES string of the molecule is O=C=Nc1cc(N=C=O)c(N=C=O)c(N=C=O)c1N=C=O. The summed E-state index contributed by atoms with van der Waals surface area (Å²) in [6.07, 6.45) is 5.77. The summed E-state index contributed by atoms with van der Waals surface area (Å²) in [5, 5.41) is 0.